The minimum atomic E-state index is -0.764. The number of ether oxygens (including phenoxy) is 3. The van der Waals surface area contributed by atoms with Gasteiger partial charge in [-0.25, -0.2) is 0 Å². The fraction of sp³-hybridized carbons (Fsp3) is 0.933. The molecule has 0 aromatic rings. The Bertz CT molecular complexity index is 1260. The van der Waals surface area contributed by atoms with Gasteiger partial charge in [0.25, 0.3) is 0 Å². The first-order valence-corrected chi connectivity index (χ1v) is 37.2. The lowest BCUT2D eigenvalue weighted by Gasteiger charge is -2.18. The van der Waals surface area contributed by atoms with Crippen molar-refractivity contribution in [3.05, 3.63) is 12.2 Å². The average Bonchev–Trinajstić information content (AvgIpc) is 3.47. The molecule has 0 saturated heterocycles. The molecule has 0 N–H and O–H groups in total. The van der Waals surface area contributed by atoms with Crippen LogP contribution in [0.5, 0.6) is 0 Å². The van der Waals surface area contributed by atoms with Crippen LogP contribution in [0.2, 0.25) is 0 Å². The largest absolute Gasteiger partial charge is 0.462 e. The number of allylic oxidation sites excluding steroid dienone is 2. The minimum Gasteiger partial charge on any atom is -0.462 e. The highest BCUT2D eigenvalue weighted by atomic mass is 16.6. The predicted molar refractivity (Wildman–Crippen MR) is 353 cm³/mol. The Balaban J connectivity index is 3.92. The number of hydrogen-bond acceptors (Lipinski definition) is 6. The highest BCUT2D eigenvalue weighted by Crippen LogP contribution is 2.20. The molecule has 0 aromatic heterocycles. The maximum Gasteiger partial charge on any atom is 0.306 e. The molecule has 0 aromatic carbocycles. The quantitative estimate of drug-likeness (QED) is 0.0261. The summed E-state index contributed by atoms with van der Waals surface area (Å²) in [5.41, 5.74) is 0. The zero-order valence-electron chi connectivity index (χ0n) is 55.4. The van der Waals surface area contributed by atoms with E-state index in [1.165, 1.54) is 334 Å². The van der Waals surface area contributed by atoms with Gasteiger partial charge in [-0.15, -0.1) is 0 Å². The Labute approximate surface area is 507 Å². The number of rotatable bonds is 70. The van der Waals surface area contributed by atoms with Gasteiger partial charge in [0, 0.05) is 19.3 Å². The number of unbranched alkanes of at least 4 members (excludes halogenated alkanes) is 57. The minimum absolute atomic E-state index is 0.0635. The third kappa shape index (κ3) is 68.8. The smallest absolute Gasteiger partial charge is 0.306 e. The molecule has 81 heavy (non-hydrogen) atoms. The summed E-state index contributed by atoms with van der Waals surface area (Å²) in [5, 5.41) is 0. The van der Waals surface area contributed by atoms with E-state index in [0.717, 1.165) is 57.8 Å². The predicted octanol–water partition coefficient (Wildman–Crippen LogP) is 25.6. The van der Waals surface area contributed by atoms with Crippen molar-refractivity contribution in [3.63, 3.8) is 0 Å². The maximum atomic E-state index is 12.9. The molecule has 0 radical (unpaired) electrons. The van der Waals surface area contributed by atoms with Gasteiger partial charge in [-0.2, -0.15) is 0 Å². The molecular formula is C75H144O6. The lowest BCUT2D eigenvalue weighted by Crippen LogP contribution is -2.30. The van der Waals surface area contributed by atoms with E-state index in [9.17, 15) is 14.4 Å². The molecule has 0 saturated carbocycles. The second-order valence-electron chi connectivity index (χ2n) is 25.6. The zero-order chi connectivity index (χ0) is 58.5. The topological polar surface area (TPSA) is 78.9 Å². The van der Waals surface area contributed by atoms with Gasteiger partial charge < -0.3 is 14.2 Å². The molecule has 0 aliphatic rings. The molecule has 0 amide bonds. The first-order chi connectivity index (χ1) is 40.0. The standard InChI is InChI=1S/C75H144O6/c1-4-7-10-13-16-18-20-22-24-26-28-30-32-34-36-37-38-40-41-43-45-47-49-51-53-55-57-59-62-65-68-74(77)80-71-72(70-79-73(76)67-64-61-15-12-9-6-3)81-75(78)69-66-63-60-58-56-54-52-50-48-46-44-42-39-35-33-31-29-27-25-23-21-19-17-14-11-8-5-2/h27,29,72H,4-26,28,30-71H2,1-3H3/b29-27-. The maximum absolute atomic E-state index is 12.9. The fourth-order valence-corrected chi connectivity index (χ4v) is 11.7. The molecule has 0 fully saturated rings. The van der Waals surface area contributed by atoms with E-state index in [1.807, 2.05) is 0 Å². The van der Waals surface area contributed by atoms with Gasteiger partial charge in [-0.05, 0) is 44.9 Å². The summed E-state index contributed by atoms with van der Waals surface area (Å²) in [4.78, 5) is 38.1. The summed E-state index contributed by atoms with van der Waals surface area (Å²) >= 11 is 0. The van der Waals surface area contributed by atoms with Gasteiger partial charge in [0.1, 0.15) is 13.2 Å². The Morgan fingerprint density at radius 2 is 0.407 bits per heavy atom. The summed E-state index contributed by atoms with van der Waals surface area (Å²) in [6, 6.07) is 0. The van der Waals surface area contributed by atoms with Gasteiger partial charge in [0.05, 0.1) is 0 Å². The van der Waals surface area contributed by atoms with Gasteiger partial charge in [0.15, 0.2) is 6.10 Å². The Kier molecular flexibility index (Phi) is 69.0. The fourth-order valence-electron chi connectivity index (χ4n) is 11.7. The number of carbonyl (C=O) groups excluding carboxylic acids is 3. The van der Waals surface area contributed by atoms with E-state index >= 15 is 0 Å². The van der Waals surface area contributed by atoms with Crippen LogP contribution in [0.25, 0.3) is 0 Å². The lowest BCUT2D eigenvalue weighted by atomic mass is 10.0. The van der Waals surface area contributed by atoms with Crippen molar-refractivity contribution in [2.75, 3.05) is 13.2 Å². The van der Waals surface area contributed by atoms with Crippen LogP contribution >= 0.6 is 0 Å². The van der Waals surface area contributed by atoms with Crippen LogP contribution in [-0.2, 0) is 28.6 Å². The molecule has 0 aliphatic carbocycles. The van der Waals surface area contributed by atoms with Crippen molar-refractivity contribution >= 4 is 17.9 Å². The molecule has 0 heterocycles. The van der Waals surface area contributed by atoms with Crippen molar-refractivity contribution in [3.8, 4) is 0 Å². The van der Waals surface area contributed by atoms with Crippen molar-refractivity contribution in [1.82, 2.24) is 0 Å². The number of esters is 3. The lowest BCUT2D eigenvalue weighted by molar-refractivity contribution is -0.167. The summed E-state index contributed by atoms with van der Waals surface area (Å²) in [5.74, 6) is -0.841. The second kappa shape index (κ2) is 70.6. The zero-order valence-corrected chi connectivity index (χ0v) is 55.4. The molecule has 0 aliphatic heterocycles. The molecule has 6 nitrogen and oxygen atoms in total. The van der Waals surface area contributed by atoms with Crippen LogP contribution in [0, 0.1) is 0 Å². The second-order valence-corrected chi connectivity index (χ2v) is 25.6. The molecule has 0 bridgehead atoms. The van der Waals surface area contributed by atoms with E-state index in [0.29, 0.717) is 19.3 Å². The Morgan fingerprint density at radius 1 is 0.235 bits per heavy atom. The van der Waals surface area contributed by atoms with Crippen LogP contribution in [0.4, 0.5) is 0 Å². The van der Waals surface area contributed by atoms with Crippen molar-refractivity contribution in [1.29, 1.82) is 0 Å². The molecule has 0 spiro atoms. The third-order valence-corrected chi connectivity index (χ3v) is 17.3. The first kappa shape index (κ1) is 79.2. The summed E-state index contributed by atoms with van der Waals surface area (Å²) in [6.45, 7) is 6.67. The van der Waals surface area contributed by atoms with Crippen molar-refractivity contribution in [2.24, 2.45) is 0 Å². The highest BCUT2D eigenvalue weighted by Gasteiger charge is 2.20. The van der Waals surface area contributed by atoms with Crippen LogP contribution in [0.3, 0.4) is 0 Å². The summed E-state index contributed by atoms with van der Waals surface area (Å²) in [6.07, 6.45) is 86.0. The van der Waals surface area contributed by atoms with E-state index in [4.69, 9.17) is 14.2 Å². The van der Waals surface area contributed by atoms with E-state index in [1.54, 1.807) is 0 Å². The van der Waals surface area contributed by atoms with Crippen LogP contribution in [0.15, 0.2) is 12.2 Å². The summed E-state index contributed by atoms with van der Waals surface area (Å²) < 4.78 is 16.9. The van der Waals surface area contributed by atoms with Gasteiger partial charge in [0.2, 0.25) is 0 Å². The van der Waals surface area contributed by atoms with E-state index < -0.39 is 6.10 Å². The highest BCUT2D eigenvalue weighted by molar-refractivity contribution is 5.71. The van der Waals surface area contributed by atoms with Crippen LogP contribution in [0.1, 0.15) is 432 Å². The SMILES string of the molecule is CCCCCCCCCC/C=C\CCCCCCCCCCCCCCCCCC(=O)OC(COC(=O)CCCCCCCC)COC(=O)CCCCCCCCCCCCCCCCCCCCCCCCCCCCCCCC. The van der Waals surface area contributed by atoms with Crippen molar-refractivity contribution < 1.29 is 28.6 Å². The molecule has 1 atom stereocenters. The van der Waals surface area contributed by atoms with Crippen LogP contribution < -0.4 is 0 Å². The van der Waals surface area contributed by atoms with Crippen LogP contribution in [-0.4, -0.2) is 37.2 Å². The molecule has 1 unspecified atom stereocenters. The first-order valence-electron chi connectivity index (χ1n) is 37.2. The Hall–Kier alpha value is -1.85. The van der Waals surface area contributed by atoms with Gasteiger partial charge >= 0.3 is 17.9 Å². The van der Waals surface area contributed by atoms with Gasteiger partial charge in [-0.3, -0.25) is 14.4 Å². The monoisotopic (exact) mass is 1140 g/mol. The van der Waals surface area contributed by atoms with E-state index in [2.05, 4.69) is 32.9 Å². The molecular weight excluding hydrogens is 997 g/mol. The van der Waals surface area contributed by atoms with E-state index in [-0.39, 0.29) is 31.1 Å². The number of hydrogen-bond donors (Lipinski definition) is 0. The van der Waals surface area contributed by atoms with Gasteiger partial charge in [-0.1, -0.05) is 380 Å². The van der Waals surface area contributed by atoms with Crippen molar-refractivity contribution in [2.45, 2.75) is 438 Å². The average molecular weight is 1140 g/mol. The number of carbonyl (C=O) groups is 3. The molecule has 6 heteroatoms. The molecule has 0 rings (SSSR count). The molecule has 480 valence electrons. The Morgan fingerprint density at radius 3 is 0.617 bits per heavy atom. The summed E-state index contributed by atoms with van der Waals surface area (Å²) in [7, 11) is 0. The third-order valence-electron chi connectivity index (χ3n) is 17.3. The normalized spacial score (nSPS) is 12.0.